The molecule has 0 spiro atoms. The second-order valence-corrected chi connectivity index (χ2v) is 6.77. The molecular weight excluding hydrogens is 290 g/mol. The summed E-state index contributed by atoms with van der Waals surface area (Å²) in [5.74, 6) is 1.90. The standard InChI is InChI=1S/C19H28NO3/c1-3-12-20(13-6-9-19(20)21)15-10-11-17(22-2)18(14-15)23-16-7-4-5-8-16/h10-11,14,16H,3-9,12-13H2,1-2H3/q+1. The molecule has 2 fully saturated rings. The summed E-state index contributed by atoms with van der Waals surface area (Å²) in [6.07, 6.45) is 7.64. The maximum Gasteiger partial charge on any atom is 0.318 e. The molecule has 1 heterocycles. The molecule has 1 aliphatic carbocycles. The van der Waals surface area contributed by atoms with Crippen LogP contribution in [0, 0.1) is 0 Å². The number of quaternary nitrogens is 1. The Morgan fingerprint density at radius 3 is 2.57 bits per heavy atom. The molecule has 0 radical (unpaired) electrons. The molecule has 4 nitrogen and oxygen atoms in total. The number of hydrogen-bond donors (Lipinski definition) is 0. The molecule has 4 heteroatoms. The van der Waals surface area contributed by atoms with Gasteiger partial charge in [0.2, 0.25) is 0 Å². The van der Waals surface area contributed by atoms with E-state index in [-0.39, 0.29) is 6.10 Å². The molecule has 1 aromatic rings. The van der Waals surface area contributed by atoms with Crippen LogP contribution in [-0.2, 0) is 4.79 Å². The number of rotatable bonds is 6. The van der Waals surface area contributed by atoms with Gasteiger partial charge in [0.1, 0.15) is 5.69 Å². The first kappa shape index (κ1) is 16.3. The summed E-state index contributed by atoms with van der Waals surface area (Å²) >= 11 is 0. The summed E-state index contributed by atoms with van der Waals surface area (Å²) in [6, 6.07) is 6.05. The predicted octanol–water partition coefficient (Wildman–Crippen LogP) is 4.05. The van der Waals surface area contributed by atoms with Crippen LogP contribution in [0.3, 0.4) is 0 Å². The fourth-order valence-electron chi connectivity index (χ4n) is 4.07. The molecule has 0 aromatic heterocycles. The molecule has 1 saturated carbocycles. The number of ether oxygens (including phenoxy) is 2. The molecule has 1 saturated heterocycles. The van der Waals surface area contributed by atoms with Crippen LogP contribution in [0.1, 0.15) is 51.9 Å². The van der Waals surface area contributed by atoms with Crippen LogP contribution in [0.5, 0.6) is 11.5 Å². The Hall–Kier alpha value is -1.55. The Kier molecular flexibility index (Phi) is 4.90. The minimum atomic E-state index is 0.285. The molecule has 0 bridgehead atoms. The number of benzene rings is 1. The lowest BCUT2D eigenvalue weighted by molar-refractivity contribution is -0.127. The SMILES string of the molecule is CCC[N+]1(c2ccc(OC)c(OC3CCCC3)c2)CCCC1=O. The number of methoxy groups -OCH3 is 1. The normalized spacial score (nSPS) is 25.0. The van der Waals surface area contributed by atoms with Gasteiger partial charge in [-0.1, -0.05) is 6.92 Å². The van der Waals surface area contributed by atoms with Gasteiger partial charge in [-0.2, -0.15) is 0 Å². The lowest BCUT2D eigenvalue weighted by atomic mass is 10.2. The van der Waals surface area contributed by atoms with Crippen LogP contribution in [0.2, 0.25) is 0 Å². The second kappa shape index (κ2) is 6.91. The second-order valence-electron chi connectivity index (χ2n) is 6.77. The van der Waals surface area contributed by atoms with E-state index < -0.39 is 0 Å². The van der Waals surface area contributed by atoms with Crippen molar-refractivity contribution in [2.45, 2.75) is 58.0 Å². The van der Waals surface area contributed by atoms with Crippen LogP contribution in [0.4, 0.5) is 5.69 Å². The average Bonchev–Trinajstić information content (AvgIpc) is 3.19. The van der Waals surface area contributed by atoms with E-state index in [1.807, 2.05) is 12.1 Å². The van der Waals surface area contributed by atoms with Crippen LogP contribution in [0.25, 0.3) is 0 Å². The molecule has 1 amide bonds. The molecule has 0 N–H and O–H groups in total. The number of amides is 1. The third-order valence-electron chi connectivity index (χ3n) is 5.25. The average molecular weight is 318 g/mol. The quantitative estimate of drug-likeness (QED) is 0.742. The van der Waals surface area contributed by atoms with Gasteiger partial charge in [0.05, 0.1) is 32.7 Å². The van der Waals surface area contributed by atoms with E-state index in [4.69, 9.17) is 9.47 Å². The third-order valence-corrected chi connectivity index (χ3v) is 5.25. The molecule has 1 unspecified atom stereocenters. The Bertz CT molecular complexity index is 566. The maximum absolute atomic E-state index is 12.6. The highest BCUT2D eigenvalue weighted by Crippen LogP contribution is 2.39. The summed E-state index contributed by atoms with van der Waals surface area (Å²) in [6.45, 7) is 3.92. The van der Waals surface area contributed by atoms with Crippen molar-refractivity contribution < 1.29 is 14.3 Å². The van der Waals surface area contributed by atoms with Crippen LogP contribution < -0.4 is 14.0 Å². The molecule has 2 aliphatic rings. The largest absolute Gasteiger partial charge is 0.493 e. The highest BCUT2D eigenvalue weighted by Gasteiger charge is 2.43. The van der Waals surface area contributed by atoms with Crippen molar-refractivity contribution in [1.82, 2.24) is 4.48 Å². The Labute approximate surface area is 139 Å². The fourth-order valence-corrected chi connectivity index (χ4v) is 4.07. The smallest absolute Gasteiger partial charge is 0.318 e. The minimum Gasteiger partial charge on any atom is -0.493 e. The van der Waals surface area contributed by atoms with Gasteiger partial charge in [-0.05, 0) is 38.2 Å². The highest BCUT2D eigenvalue weighted by atomic mass is 16.5. The zero-order valence-electron chi connectivity index (χ0n) is 14.3. The van der Waals surface area contributed by atoms with Crippen molar-refractivity contribution in [1.29, 1.82) is 0 Å². The van der Waals surface area contributed by atoms with E-state index in [1.165, 1.54) is 12.8 Å². The molecule has 23 heavy (non-hydrogen) atoms. The number of carbonyl (C=O) groups excluding carboxylic acids is 1. The van der Waals surface area contributed by atoms with E-state index in [9.17, 15) is 4.79 Å². The van der Waals surface area contributed by atoms with Crippen LogP contribution in [-0.4, -0.2) is 32.2 Å². The first-order valence-electron chi connectivity index (χ1n) is 8.95. The van der Waals surface area contributed by atoms with Crippen molar-refractivity contribution >= 4 is 11.6 Å². The number of carbonyl (C=O) groups is 1. The van der Waals surface area contributed by atoms with Crippen LogP contribution in [0.15, 0.2) is 18.2 Å². The Morgan fingerprint density at radius 1 is 1.17 bits per heavy atom. The topological polar surface area (TPSA) is 35.5 Å². The summed E-state index contributed by atoms with van der Waals surface area (Å²) < 4.78 is 12.2. The predicted molar refractivity (Wildman–Crippen MR) is 91.9 cm³/mol. The summed E-state index contributed by atoms with van der Waals surface area (Å²) in [4.78, 5) is 12.6. The lowest BCUT2D eigenvalue weighted by Gasteiger charge is -2.31. The molecular formula is C19H28NO3+. The van der Waals surface area contributed by atoms with Gasteiger partial charge < -0.3 is 9.47 Å². The maximum atomic E-state index is 12.6. The van der Waals surface area contributed by atoms with Crippen molar-refractivity contribution in [3.8, 4) is 11.5 Å². The van der Waals surface area contributed by atoms with Gasteiger partial charge in [-0.3, -0.25) is 0 Å². The van der Waals surface area contributed by atoms with Gasteiger partial charge in [0, 0.05) is 18.6 Å². The van der Waals surface area contributed by atoms with E-state index in [2.05, 4.69) is 13.0 Å². The molecule has 1 atom stereocenters. The highest BCUT2D eigenvalue weighted by molar-refractivity contribution is 5.90. The van der Waals surface area contributed by atoms with Gasteiger partial charge in [0.15, 0.2) is 11.5 Å². The first-order valence-corrected chi connectivity index (χ1v) is 8.95. The molecule has 126 valence electrons. The third kappa shape index (κ3) is 3.09. The van der Waals surface area contributed by atoms with Crippen molar-refractivity contribution in [3.63, 3.8) is 0 Å². The van der Waals surface area contributed by atoms with Crippen LogP contribution >= 0.6 is 0 Å². The number of likely N-dealkylation sites (tertiary alicyclic amines) is 1. The lowest BCUT2D eigenvalue weighted by Crippen LogP contribution is -2.50. The van der Waals surface area contributed by atoms with Crippen molar-refractivity contribution in [2.75, 3.05) is 20.2 Å². The number of hydrogen-bond acceptors (Lipinski definition) is 3. The van der Waals surface area contributed by atoms with Gasteiger partial charge in [-0.15, -0.1) is 0 Å². The van der Waals surface area contributed by atoms with E-state index >= 15 is 0 Å². The Morgan fingerprint density at radius 2 is 1.96 bits per heavy atom. The minimum absolute atomic E-state index is 0.285. The molecule has 1 aliphatic heterocycles. The van der Waals surface area contributed by atoms with E-state index in [0.717, 1.165) is 56.0 Å². The zero-order chi connectivity index (χ0) is 16.3. The monoisotopic (exact) mass is 318 g/mol. The van der Waals surface area contributed by atoms with Gasteiger partial charge in [0.25, 0.3) is 0 Å². The van der Waals surface area contributed by atoms with Gasteiger partial charge >= 0.3 is 5.91 Å². The zero-order valence-corrected chi connectivity index (χ0v) is 14.3. The summed E-state index contributed by atoms with van der Waals surface area (Å²) in [5.41, 5.74) is 1.06. The summed E-state index contributed by atoms with van der Waals surface area (Å²) in [7, 11) is 1.67. The Balaban J connectivity index is 1.93. The van der Waals surface area contributed by atoms with E-state index in [1.54, 1.807) is 7.11 Å². The summed E-state index contributed by atoms with van der Waals surface area (Å²) in [5, 5.41) is 0. The molecule has 1 aromatic carbocycles. The van der Waals surface area contributed by atoms with Crippen molar-refractivity contribution in [3.05, 3.63) is 18.2 Å². The van der Waals surface area contributed by atoms with E-state index in [0.29, 0.717) is 16.8 Å². The first-order chi connectivity index (χ1) is 11.2. The fraction of sp³-hybridized carbons (Fsp3) is 0.632. The molecule has 3 rings (SSSR count). The number of nitrogens with zero attached hydrogens (tertiary/aromatic N) is 1. The van der Waals surface area contributed by atoms with Crippen molar-refractivity contribution in [2.24, 2.45) is 0 Å². The van der Waals surface area contributed by atoms with Gasteiger partial charge in [-0.25, -0.2) is 9.28 Å².